The summed E-state index contributed by atoms with van der Waals surface area (Å²) < 4.78 is 41.5. The molecule has 2 aliphatic heterocycles. The third-order valence-corrected chi connectivity index (χ3v) is 7.19. The molecule has 1 unspecified atom stereocenters. The number of fused-ring (bicyclic) bond motifs is 1. The molecule has 2 saturated heterocycles. The van der Waals surface area contributed by atoms with Crippen molar-refractivity contribution >= 4 is 29.1 Å². The first-order chi connectivity index (χ1) is 19.4. The number of nitrogen functional groups attached to an aromatic ring is 1. The molecule has 40 heavy (non-hydrogen) atoms. The van der Waals surface area contributed by atoms with E-state index in [1.165, 1.54) is 10.6 Å². The Bertz CT molecular complexity index is 1520. The maximum absolute atomic E-state index is 14.7. The summed E-state index contributed by atoms with van der Waals surface area (Å²) in [5.74, 6) is -0.577. The second-order valence-corrected chi connectivity index (χ2v) is 9.83. The summed E-state index contributed by atoms with van der Waals surface area (Å²) in [6.07, 6.45) is 1.25. The number of likely N-dealkylation sites (N-methyl/N-ethyl adjacent to an activating group) is 1. The minimum absolute atomic E-state index is 0.117. The van der Waals surface area contributed by atoms with Gasteiger partial charge in [0.25, 0.3) is 5.91 Å². The Morgan fingerprint density at radius 1 is 1.18 bits per heavy atom. The smallest absolute Gasteiger partial charge is 0.261 e. The maximum atomic E-state index is 14.7. The highest BCUT2D eigenvalue weighted by atomic mass is 19.1. The van der Waals surface area contributed by atoms with Crippen LogP contribution in [0, 0.1) is 11.6 Å². The normalized spacial score (nSPS) is 17.9. The summed E-state index contributed by atoms with van der Waals surface area (Å²) in [5.41, 5.74) is 7.59. The number of anilines is 3. The number of hydrogen-bond acceptors (Lipinski definition) is 10. The molecule has 3 N–H and O–H groups in total. The lowest BCUT2D eigenvalue weighted by Crippen LogP contribution is -2.48. The topological polar surface area (TPSA) is 130 Å². The third kappa shape index (κ3) is 5.09. The van der Waals surface area contributed by atoms with Gasteiger partial charge in [-0.2, -0.15) is 19.6 Å². The fraction of sp³-hybridized carbons (Fsp3) is 0.385. The lowest BCUT2D eigenvalue weighted by molar-refractivity contribution is -0.125. The van der Waals surface area contributed by atoms with Crippen LogP contribution in [0.2, 0.25) is 0 Å². The van der Waals surface area contributed by atoms with Crippen LogP contribution in [0.25, 0.3) is 17.1 Å². The molecule has 4 aromatic rings. The summed E-state index contributed by atoms with van der Waals surface area (Å²) in [6, 6.07) is 7.56. The van der Waals surface area contributed by atoms with Crippen LogP contribution >= 0.6 is 0 Å². The number of nitrogens with zero attached hydrogens (tertiary/aromatic N) is 7. The molecule has 6 rings (SSSR count). The van der Waals surface area contributed by atoms with E-state index < -0.39 is 17.7 Å². The minimum atomic E-state index is -0.822. The largest absolute Gasteiger partial charge is 0.477 e. The van der Waals surface area contributed by atoms with Crippen LogP contribution in [0.15, 0.2) is 41.0 Å². The van der Waals surface area contributed by atoms with Crippen molar-refractivity contribution in [2.75, 3.05) is 68.4 Å². The van der Waals surface area contributed by atoms with Crippen molar-refractivity contribution in [1.82, 2.24) is 29.8 Å². The van der Waals surface area contributed by atoms with Crippen molar-refractivity contribution in [2.24, 2.45) is 0 Å². The van der Waals surface area contributed by atoms with E-state index in [2.05, 4.69) is 25.3 Å². The number of carbonyl (C=O) groups is 1. The molecule has 2 fully saturated rings. The first-order valence-corrected chi connectivity index (χ1v) is 13.0. The van der Waals surface area contributed by atoms with E-state index in [9.17, 15) is 13.6 Å². The first-order valence-electron chi connectivity index (χ1n) is 13.0. The number of furan rings is 1. The molecule has 0 saturated carbocycles. The third-order valence-electron chi connectivity index (χ3n) is 7.19. The predicted octanol–water partition coefficient (Wildman–Crippen LogP) is 1.77. The summed E-state index contributed by atoms with van der Waals surface area (Å²) in [7, 11) is 1.89. The van der Waals surface area contributed by atoms with Crippen LogP contribution in [0.4, 0.5) is 26.4 Å². The fourth-order valence-electron chi connectivity index (χ4n) is 4.90. The second kappa shape index (κ2) is 10.6. The highest BCUT2D eigenvalue weighted by Crippen LogP contribution is 2.30. The molecule has 3 aromatic heterocycles. The Kier molecular flexibility index (Phi) is 6.84. The molecule has 2 aliphatic rings. The summed E-state index contributed by atoms with van der Waals surface area (Å²) in [4.78, 5) is 26.9. The second-order valence-electron chi connectivity index (χ2n) is 9.83. The molecule has 1 atom stereocenters. The fourth-order valence-corrected chi connectivity index (χ4v) is 4.90. The zero-order valence-corrected chi connectivity index (χ0v) is 21.9. The number of ether oxygens (including phenoxy) is 1. The molecule has 12 nitrogen and oxygen atoms in total. The Balaban J connectivity index is 1.06. The van der Waals surface area contributed by atoms with Crippen LogP contribution in [0.1, 0.15) is 6.42 Å². The summed E-state index contributed by atoms with van der Waals surface area (Å²) in [6.45, 7) is 4.31. The van der Waals surface area contributed by atoms with Gasteiger partial charge in [-0.1, -0.05) is 0 Å². The predicted molar refractivity (Wildman–Crippen MR) is 143 cm³/mol. The highest BCUT2D eigenvalue weighted by molar-refractivity contribution is 5.83. The van der Waals surface area contributed by atoms with Crippen molar-refractivity contribution in [3.05, 3.63) is 48.2 Å². The quantitative estimate of drug-likeness (QED) is 0.333. The van der Waals surface area contributed by atoms with Gasteiger partial charge in [0.15, 0.2) is 29.1 Å². The van der Waals surface area contributed by atoms with Gasteiger partial charge in [-0.05, 0) is 12.1 Å². The number of nitrogens with two attached hydrogens (primary N) is 1. The Morgan fingerprint density at radius 2 is 2.00 bits per heavy atom. The van der Waals surface area contributed by atoms with Crippen LogP contribution < -0.4 is 25.6 Å². The SMILES string of the molecule is CN(CCN1CCN(c2cc(OC3CCNC3=O)c(F)cc2F)CC1)c1nc(N)n2nc(-c3ccco3)cc2n1. The van der Waals surface area contributed by atoms with E-state index in [4.69, 9.17) is 14.9 Å². The van der Waals surface area contributed by atoms with E-state index in [0.29, 0.717) is 68.7 Å². The average Bonchev–Trinajstić information content (AvgIpc) is 3.71. The van der Waals surface area contributed by atoms with Gasteiger partial charge in [-0.3, -0.25) is 9.69 Å². The van der Waals surface area contributed by atoms with Crippen LogP contribution in [-0.4, -0.2) is 89.4 Å². The minimum Gasteiger partial charge on any atom is -0.477 e. The monoisotopic (exact) mass is 553 g/mol. The first kappa shape index (κ1) is 25.8. The maximum Gasteiger partial charge on any atom is 0.261 e. The van der Waals surface area contributed by atoms with Crippen molar-refractivity contribution in [1.29, 1.82) is 0 Å². The molecule has 14 heteroatoms. The number of amides is 1. The molecular formula is C26H29F2N9O3. The van der Waals surface area contributed by atoms with E-state index in [-0.39, 0.29) is 23.3 Å². The van der Waals surface area contributed by atoms with Gasteiger partial charge >= 0.3 is 0 Å². The van der Waals surface area contributed by atoms with Crippen molar-refractivity contribution in [3.63, 3.8) is 0 Å². The molecule has 0 aliphatic carbocycles. The lowest BCUT2D eigenvalue weighted by atomic mass is 10.2. The van der Waals surface area contributed by atoms with Gasteiger partial charge < -0.3 is 30.0 Å². The highest BCUT2D eigenvalue weighted by Gasteiger charge is 2.28. The molecule has 1 amide bonds. The van der Waals surface area contributed by atoms with Gasteiger partial charge in [0.1, 0.15) is 11.5 Å². The van der Waals surface area contributed by atoms with E-state index in [1.54, 1.807) is 18.4 Å². The van der Waals surface area contributed by atoms with Crippen molar-refractivity contribution in [2.45, 2.75) is 12.5 Å². The molecule has 210 valence electrons. The standard InChI is InChI=1S/C26H29F2N9O3/c1-34(26-31-23-14-18(20-3-2-12-39-20)33-37(23)25(29)32-26)6-7-35-8-10-36(11-9-35)19-15-22(17(28)13-16(19)27)40-21-4-5-30-24(21)38/h2-3,12-15,21H,4-11H2,1H3,(H,30,38)(H2,29,31,32). The number of rotatable bonds is 8. The molecule has 5 heterocycles. The summed E-state index contributed by atoms with van der Waals surface area (Å²) in [5, 5.41) is 7.07. The molecule has 0 spiro atoms. The molecule has 0 bridgehead atoms. The number of benzene rings is 1. The Hall–Kier alpha value is -4.46. The zero-order chi connectivity index (χ0) is 27.8. The number of carbonyl (C=O) groups excluding carboxylic acids is 1. The van der Waals surface area contributed by atoms with Gasteiger partial charge in [-0.25, -0.2) is 8.78 Å². The van der Waals surface area contributed by atoms with Gasteiger partial charge in [0.2, 0.25) is 11.9 Å². The van der Waals surface area contributed by atoms with E-state index in [1.807, 2.05) is 22.9 Å². The van der Waals surface area contributed by atoms with Gasteiger partial charge in [0, 0.05) is 77.5 Å². The van der Waals surface area contributed by atoms with Gasteiger partial charge in [-0.15, -0.1) is 0 Å². The number of nitrogens with one attached hydrogen (secondary N) is 1. The van der Waals surface area contributed by atoms with Gasteiger partial charge in [0.05, 0.1) is 12.0 Å². The average molecular weight is 554 g/mol. The number of aromatic nitrogens is 4. The van der Waals surface area contributed by atoms with E-state index >= 15 is 0 Å². The van der Waals surface area contributed by atoms with Crippen LogP contribution in [-0.2, 0) is 4.79 Å². The number of halogens is 2. The molecular weight excluding hydrogens is 524 g/mol. The zero-order valence-electron chi connectivity index (χ0n) is 21.9. The Morgan fingerprint density at radius 3 is 2.73 bits per heavy atom. The Labute approximate surface area is 228 Å². The number of piperazine rings is 1. The van der Waals surface area contributed by atoms with Crippen LogP contribution in [0.5, 0.6) is 5.75 Å². The van der Waals surface area contributed by atoms with E-state index in [0.717, 1.165) is 12.6 Å². The van der Waals surface area contributed by atoms with Crippen LogP contribution in [0.3, 0.4) is 0 Å². The van der Waals surface area contributed by atoms with Crippen molar-refractivity contribution < 1.29 is 22.7 Å². The molecule has 1 aromatic carbocycles. The lowest BCUT2D eigenvalue weighted by Gasteiger charge is -2.37. The number of hydrogen-bond donors (Lipinski definition) is 2. The van der Waals surface area contributed by atoms with Crippen molar-refractivity contribution in [3.8, 4) is 17.2 Å². The molecule has 0 radical (unpaired) electrons. The summed E-state index contributed by atoms with van der Waals surface area (Å²) >= 11 is 0.